The van der Waals surface area contributed by atoms with Gasteiger partial charge in [0.1, 0.15) is 5.75 Å². The molecule has 1 heterocycles. The van der Waals surface area contributed by atoms with Gasteiger partial charge in [-0.2, -0.15) is 5.10 Å². The standard InChI is InChI=1S/C10H12N4OS/c11-14-9(12-13-10(14)16)6-3-7-1-4-8(15)5-2-7/h1-2,4-5,15H,3,6,11H2,(H,13,16). The molecular weight excluding hydrogens is 224 g/mol. The zero-order valence-electron chi connectivity index (χ0n) is 8.55. The van der Waals surface area contributed by atoms with Gasteiger partial charge in [0.2, 0.25) is 4.77 Å². The number of aryl methyl sites for hydroxylation is 2. The molecule has 0 saturated carbocycles. The Morgan fingerprint density at radius 1 is 1.31 bits per heavy atom. The molecule has 6 heteroatoms. The Kier molecular flexibility index (Phi) is 2.91. The van der Waals surface area contributed by atoms with E-state index in [1.807, 2.05) is 12.1 Å². The molecule has 0 aliphatic heterocycles. The first-order valence-corrected chi connectivity index (χ1v) is 5.27. The van der Waals surface area contributed by atoms with E-state index in [9.17, 15) is 0 Å². The van der Waals surface area contributed by atoms with E-state index in [2.05, 4.69) is 10.2 Å². The third-order valence-corrected chi connectivity index (χ3v) is 2.64. The lowest BCUT2D eigenvalue weighted by Gasteiger charge is -2.01. The number of H-pyrrole nitrogens is 1. The van der Waals surface area contributed by atoms with E-state index in [4.69, 9.17) is 23.2 Å². The Bertz CT molecular complexity index is 528. The highest BCUT2D eigenvalue weighted by Gasteiger charge is 2.03. The Balaban J connectivity index is 2.05. The van der Waals surface area contributed by atoms with Crippen LogP contribution < -0.4 is 5.84 Å². The second kappa shape index (κ2) is 4.36. The van der Waals surface area contributed by atoms with Gasteiger partial charge < -0.3 is 10.9 Å². The van der Waals surface area contributed by atoms with E-state index >= 15 is 0 Å². The quantitative estimate of drug-likeness (QED) is 0.551. The van der Waals surface area contributed by atoms with Crippen LogP contribution in [0.1, 0.15) is 11.4 Å². The van der Waals surface area contributed by atoms with E-state index in [-0.39, 0.29) is 5.75 Å². The Morgan fingerprint density at radius 2 is 2.00 bits per heavy atom. The number of nitrogens with two attached hydrogens (primary N) is 1. The van der Waals surface area contributed by atoms with Crippen molar-refractivity contribution in [3.63, 3.8) is 0 Å². The van der Waals surface area contributed by atoms with Gasteiger partial charge in [-0.3, -0.25) is 5.10 Å². The van der Waals surface area contributed by atoms with E-state index in [1.165, 1.54) is 4.68 Å². The summed E-state index contributed by atoms with van der Waals surface area (Å²) in [4.78, 5) is 0. The average Bonchev–Trinajstić information content (AvgIpc) is 2.60. The maximum Gasteiger partial charge on any atom is 0.214 e. The summed E-state index contributed by atoms with van der Waals surface area (Å²) >= 11 is 4.91. The zero-order valence-corrected chi connectivity index (χ0v) is 9.37. The van der Waals surface area contributed by atoms with Gasteiger partial charge in [-0.25, -0.2) is 4.68 Å². The molecule has 2 rings (SSSR count). The van der Waals surface area contributed by atoms with Gasteiger partial charge in [0.05, 0.1) is 0 Å². The van der Waals surface area contributed by atoms with Crippen molar-refractivity contribution < 1.29 is 5.11 Å². The van der Waals surface area contributed by atoms with Crippen LogP contribution in [0.15, 0.2) is 24.3 Å². The predicted octanol–water partition coefficient (Wildman–Crippen LogP) is 1.15. The molecule has 0 aliphatic carbocycles. The lowest BCUT2D eigenvalue weighted by atomic mass is 10.1. The molecule has 5 nitrogen and oxygen atoms in total. The average molecular weight is 236 g/mol. The van der Waals surface area contributed by atoms with Crippen LogP contribution in [0.5, 0.6) is 5.75 Å². The molecule has 4 N–H and O–H groups in total. The van der Waals surface area contributed by atoms with Gasteiger partial charge in [-0.15, -0.1) is 0 Å². The normalized spacial score (nSPS) is 10.5. The summed E-state index contributed by atoms with van der Waals surface area (Å²) in [7, 11) is 0. The number of nitrogen functional groups attached to an aromatic ring is 1. The summed E-state index contributed by atoms with van der Waals surface area (Å²) in [6, 6.07) is 7.07. The van der Waals surface area contributed by atoms with E-state index in [0.717, 1.165) is 17.8 Å². The first kappa shape index (κ1) is 10.7. The molecule has 0 aliphatic rings. The fraction of sp³-hybridized carbons (Fsp3) is 0.200. The first-order valence-electron chi connectivity index (χ1n) is 4.86. The molecular formula is C10H12N4OS. The number of aromatic nitrogens is 3. The van der Waals surface area contributed by atoms with Crippen LogP contribution in [0.4, 0.5) is 0 Å². The maximum absolute atomic E-state index is 9.13. The van der Waals surface area contributed by atoms with Gasteiger partial charge in [-0.05, 0) is 36.3 Å². The molecule has 1 aromatic heterocycles. The van der Waals surface area contributed by atoms with Crippen molar-refractivity contribution in [1.82, 2.24) is 14.9 Å². The molecule has 0 radical (unpaired) electrons. The molecule has 0 atom stereocenters. The molecule has 2 aromatic rings. The number of phenolic OH excluding ortho intramolecular Hbond substituents is 1. The van der Waals surface area contributed by atoms with Crippen molar-refractivity contribution in [3.05, 3.63) is 40.4 Å². The molecule has 0 unspecified atom stereocenters. The zero-order chi connectivity index (χ0) is 11.5. The lowest BCUT2D eigenvalue weighted by Crippen LogP contribution is -2.13. The summed E-state index contributed by atoms with van der Waals surface area (Å²) in [5.41, 5.74) is 1.12. The number of rotatable bonds is 3. The number of nitrogens with one attached hydrogen (secondary N) is 1. The number of aromatic amines is 1. The molecule has 84 valence electrons. The summed E-state index contributed by atoms with van der Waals surface area (Å²) in [5, 5.41) is 15.8. The van der Waals surface area contributed by atoms with Crippen molar-refractivity contribution in [2.24, 2.45) is 0 Å². The van der Waals surface area contributed by atoms with Crippen LogP contribution in [0, 0.1) is 4.77 Å². The van der Waals surface area contributed by atoms with Crippen molar-refractivity contribution in [2.45, 2.75) is 12.8 Å². The molecule has 0 bridgehead atoms. The molecule has 0 spiro atoms. The molecule has 1 aromatic carbocycles. The minimum atomic E-state index is 0.269. The van der Waals surface area contributed by atoms with Crippen LogP contribution in [0.25, 0.3) is 0 Å². The molecule has 0 saturated heterocycles. The summed E-state index contributed by atoms with van der Waals surface area (Å²) < 4.78 is 1.79. The summed E-state index contributed by atoms with van der Waals surface area (Å²) in [6.45, 7) is 0. The number of benzene rings is 1. The monoisotopic (exact) mass is 236 g/mol. The van der Waals surface area contributed by atoms with E-state index < -0.39 is 0 Å². The van der Waals surface area contributed by atoms with Crippen molar-refractivity contribution in [3.8, 4) is 5.75 Å². The Morgan fingerprint density at radius 3 is 2.56 bits per heavy atom. The first-order chi connectivity index (χ1) is 7.66. The van der Waals surface area contributed by atoms with Crippen molar-refractivity contribution in [1.29, 1.82) is 0 Å². The molecule has 16 heavy (non-hydrogen) atoms. The van der Waals surface area contributed by atoms with Gasteiger partial charge in [0, 0.05) is 6.42 Å². The van der Waals surface area contributed by atoms with Gasteiger partial charge in [0.15, 0.2) is 5.82 Å². The van der Waals surface area contributed by atoms with Gasteiger partial charge >= 0.3 is 0 Å². The third-order valence-electron chi connectivity index (χ3n) is 2.35. The SMILES string of the molecule is Nn1c(CCc2ccc(O)cc2)n[nH]c1=S. The fourth-order valence-electron chi connectivity index (χ4n) is 1.43. The van der Waals surface area contributed by atoms with Crippen LogP contribution >= 0.6 is 12.2 Å². The van der Waals surface area contributed by atoms with Crippen molar-refractivity contribution in [2.75, 3.05) is 5.84 Å². The van der Waals surface area contributed by atoms with Crippen molar-refractivity contribution >= 4 is 12.2 Å². The number of hydrogen-bond donors (Lipinski definition) is 3. The molecule has 0 fully saturated rings. The van der Waals surface area contributed by atoms with Crippen LogP contribution in [0.3, 0.4) is 0 Å². The maximum atomic E-state index is 9.13. The second-order valence-corrected chi connectivity index (χ2v) is 3.87. The van der Waals surface area contributed by atoms with Gasteiger partial charge in [0.25, 0.3) is 0 Å². The Hall–Kier alpha value is -1.82. The predicted molar refractivity (Wildman–Crippen MR) is 63.1 cm³/mol. The highest BCUT2D eigenvalue weighted by atomic mass is 32.1. The smallest absolute Gasteiger partial charge is 0.214 e. The number of nitrogens with zero attached hydrogens (tertiary/aromatic N) is 2. The number of aromatic hydroxyl groups is 1. The van der Waals surface area contributed by atoms with Crippen LogP contribution in [0.2, 0.25) is 0 Å². The highest BCUT2D eigenvalue weighted by Crippen LogP contribution is 2.11. The van der Waals surface area contributed by atoms with E-state index in [0.29, 0.717) is 11.2 Å². The summed E-state index contributed by atoms with van der Waals surface area (Å²) in [5.74, 6) is 6.66. The highest BCUT2D eigenvalue weighted by molar-refractivity contribution is 7.71. The Labute approximate surface area is 97.5 Å². The van der Waals surface area contributed by atoms with E-state index in [1.54, 1.807) is 12.1 Å². The topological polar surface area (TPSA) is 79.9 Å². The summed E-state index contributed by atoms with van der Waals surface area (Å²) in [6.07, 6.45) is 1.51. The second-order valence-electron chi connectivity index (χ2n) is 3.48. The minimum Gasteiger partial charge on any atom is -0.508 e. The van der Waals surface area contributed by atoms with Crippen LogP contribution in [-0.2, 0) is 12.8 Å². The fourth-order valence-corrected chi connectivity index (χ4v) is 1.58. The third kappa shape index (κ3) is 2.22. The lowest BCUT2D eigenvalue weighted by molar-refractivity contribution is 0.475. The van der Waals surface area contributed by atoms with Gasteiger partial charge in [-0.1, -0.05) is 12.1 Å². The number of phenols is 1. The number of hydrogen-bond acceptors (Lipinski definition) is 4. The minimum absolute atomic E-state index is 0.269. The molecule has 0 amide bonds. The largest absolute Gasteiger partial charge is 0.508 e. The van der Waals surface area contributed by atoms with Crippen LogP contribution in [-0.4, -0.2) is 20.0 Å².